The van der Waals surface area contributed by atoms with E-state index < -0.39 is 17.5 Å². The van der Waals surface area contributed by atoms with Crippen LogP contribution in [-0.4, -0.2) is 55.1 Å². The fraction of sp³-hybridized carbons (Fsp3) is 0.833. The maximum atomic E-state index is 12.2. The van der Waals surface area contributed by atoms with E-state index in [0.717, 1.165) is 13.1 Å². The van der Waals surface area contributed by atoms with Crippen molar-refractivity contribution in [2.45, 2.75) is 26.4 Å². The lowest BCUT2D eigenvalue weighted by molar-refractivity contribution is -0.164. The smallest absolute Gasteiger partial charge is 0.320 e. The predicted molar refractivity (Wildman–Crippen MR) is 67.8 cm³/mol. The molecule has 0 unspecified atom stereocenters. The summed E-state index contributed by atoms with van der Waals surface area (Å²) in [5, 5.41) is 3.15. The number of hydrogen-bond donors (Lipinski definition) is 2. The van der Waals surface area contributed by atoms with Crippen molar-refractivity contribution in [3.8, 4) is 0 Å². The van der Waals surface area contributed by atoms with E-state index in [4.69, 9.17) is 10.5 Å². The number of piperazine rings is 1. The highest BCUT2D eigenvalue weighted by molar-refractivity contribution is 5.98. The zero-order valence-corrected chi connectivity index (χ0v) is 11.4. The summed E-state index contributed by atoms with van der Waals surface area (Å²) < 4.78 is 5.22. The van der Waals surface area contributed by atoms with Crippen molar-refractivity contribution in [1.82, 2.24) is 10.2 Å². The number of esters is 1. The fourth-order valence-corrected chi connectivity index (χ4v) is 1.78. The number of amides is 1. The molecule has 18 heavy (non-hydrogen) atoms. The van der Waals surface area contributed by atoms with Gasteiger partial charge < -0.3 is 20.7 Å². The van der Waals surface area contributed by atoms with Gasteiger partial charge in [-0.2, -0.15) is 0 Å². The Labute approximate surface area is 108 Å². The third-order valence-corrected chi connectivity index (χ3v) is 2.65. The first-order chi connectivity index (χ1) is 8.35. The van der Waals surface area contributed by atoms with E-state index in [-0.39, 0.29) is 12.5 Å². The molecule has 104 valence electrons. The molecule has 6 heteroatoms. The summed E-state index contributed by atoms with van der Waals surface area (Å²) in [5.74, 6) is -1.65. The van der Waals surface area contributed by atoms with Crippen LogP contribution in [0.3, 0.4) is 0 Å². The molecule has 1 aliphatic heterocycles. The summed E-state index contributed by atoms with van der Waals surface area (Å²) in [4.78, 5) is 25.7. The molecule has 0 aromatic heterocycles. The Morgan fingerprint density at radius 3 is 2.33 bits per heavy atom. The fourth-order valence-electron chi connectivity index (χ4n) is 1.78. The van der Waals surface area contributed by atoms with Crippen LogP contribution >= 0.6 is 0 Å². The molecule has 1 fully saturated rings. The first-order valence-corrected chi connectivity index (χ1v) is 6.27. The molecule has 0 aliphatic carbocycles. The molecule has 0 saturated carbocycles. The van der Waals surface area contributed by atoms with Gasteiger partial charge in [0.1, 0.15) is 11.5 Å². The molecule has 0 radical (unpaired) electrons. The van der Waals surface area contributed by atoms with Crippen molar-refractivity contribution in [2.24, 2.45) is 11.7 Å². The third-order valence-electron chi connectivity index (χ3n) is 2.65. The molecule has 1 heterocycles. The van der Waals surface area contributed by atoms with Crippen molar-refractivity contribution >= 4 is 11.9 Å². The lowest BCUT2D eigenvalue weighted by Gasteiger charge is -2.31. The predicted octanol–water partition coefficient (Wildman–Crippen LogP) is -0.665. The van der Waals surface area contributed by atoms with E-state index in [1.807, 2.05) is 0 Å². The molecule has 0 spiro atoms. The van der Waals surface area contributed by atoms with Gasteiger partial charge in [-0.1, -0.05) is 0 Å². The monoisotopic (exact) mass is 257 g/mol. The molecule has 6 nitrogen and oxygen atoms in total. The summed E-state index contributed by atoms with van der Waals surface area (Å²) in [6.07, 6.45) is 0. The number of hydrogen-bond acceptors (Lipinski definition) is 5. The maximum absolute atomic E-state index is 12.2. The van der Waals surface area contributed by atoms with Crippen molar-refractivity contribution in [3.05, 3.63) is 0 Å². The van der Waals surface area contributed by atoms with Gasteiger partial charge in [0, 0.05) is 32.7 Å². The third kappa shape index (κ3) is 4.27. The van der Waals surface area contributed by atoms with Crippen LogP contribution in [0.5, 0.6) is 0 Å². The maximum Gasteiger partial charge on any atom is 0.320 e. The normalized spacial score (nSPS) is 18.3. The van der Waals surface area contributed by atoms with Crippen LogP contribution < -0.4 is 11.1 Å². The molecule has 1 aliphatic rings. The van der Waals surface area contributed by atoms with Gasteiger partial charge in [-0.05, 0) is 20.8 Å². The minimum atomic E-state index is -0.887. The first-order valence-electron chi connectivity index (χ1n) is 6.27. The molecule has 1 rings (SSSR count). The van der Waals surface area contributed by atoms with Gasteiger partial charge in [0.05, 0.1) is 0 Å². The van der Waals surface area contributed by atoms with Gasteiger partial charge in [-0.3, -0.25) is 9.59 Å². The van der Waals surface area contributed by atoms with E-state index >= 15 is 0 Å². The summed E-state index contributed by atoms with van der Waals surface area (Å²) in [6.45, 7) is 8.01. The molecule has 0 aromatic carbocycles. The molecule has 3 N–H and O–H groups in total. The van der Waals surface area contributed by atoms with Gasteiger partial charge in [0.25, 0.3) is 0 Å². The molecule has 0 bridgehead atoms. The van der Waals surface area contributed by atoms with Crippen molar-refractivity contribution in [3.63, 3.8) is 0 Å². The van der Waals surface area contributed by atoms with Gasteiger partial charge in [0.2, 0.25) is 5.91 Å². The van der Waals surface area contributed by atoms with E-state index in [1.165, 1.54) is 0 Å². The van der Waals surface area contributed by atoms with Crippen LogP contribution in [0, 0.1) is 5.92 Å². The zero-order chi connectivity index (χ0) is 13.8. The Kier molecular flexibility index (Phi) is 5.10. The first kappa shape index (κ1) is 14.9. The molecule has 0 aromatic rings. The van der Waals surface area contributed by atoms with Gasteiger partial charge >= 0.3 is 5.97 Å². The minimum absolute atomic E-state index is 0.0162. The summed E-state index contributed by atoms with van der Waals surface area (Å²) >= 11 is 0. The number of carbonyl (C=O) groups is 2. The van der Waals surface area contributed by atoms with Crippen molar-refractivity contribution < 1.29 is 14.3 Å². The molecular formula is C12H23N3O3. The second kappa shape index (κ2) is 6.15. The van der Waals surface area contributed by atoms with Crippen molar-refractivity contribution in [1.29, 1.82) is 0 Å². The molecule has 1 saturated heterocycles. The van der Waals surface area contributed by atoms with Gasteiger partial charge in [0.15, 0.2) is 0 Å². The van der Waals surface area contributed by atoms with E-state index in [1.54, 1.807) is 25.7 Å². The standard InChI is InChI=1S/C12H23N3O3/c1-12(2,3)18-11(17)9(8-13)10(16)15-6-4-14-5-7-15/h9,14H,4-8,13H2,1-3H3/t9-/m0/s1. The molecule has 1 amide bonds. The number of carbonyl (C=O) groups excluding carboxylic acids is 2. The van der Waals surface area contributed by atoms with Crippen LogP contribution in [-0.2, 0) is 14.3 Å². The lowest BCUT2D eigenvalue weighted by Crippen LogP contribution is -2.51. The number of nitrogens with zero attached hydrogens (tertiary/aromatic N) is 1. The Hall–Kier alpha value is -1.14. The zero-order valence-electron chi connectivity index (χ0n) is 11.4. The Bertz CT molecular complexity index is 306. The van der Waals surface area contributed by atoms with Gasteiger partial charge in [-0.25, -0.2) is 0 Å². The van der Waals surface area contributed by atoms with Crippen LogP contribution in [0.2, 0.25) is 0 Å². The highest BCUT2D eigenvalue weighted by Gasteiger charge is 2.33. The minimum Gasteiger partial charge on any atom is -0.459 e. The molecular weight excluding hydrogens is 234 g/mol. The quantitative estimate of drug-likeness (QED) is 0.517. The number of nitrogens with one attached hydrogen (secondary N) is 1. The largest absolute Gasteiger partial charge is 0.459 e. The number of rotatable bonds is 3. The summed E-state index contributed by atoms with van der Waals surface area (Å²) in [7, 11) is 0. The Morgan fingerprint density at radius 2 is 1.89 bits per heavy atom. The number of ether oxygens (including phenoxy) is 1. The molecule has 1 atom stereocenters. The van der Waals surface area contributed by atoms with E-state index in [9.17, 15) is 9.59 Å². The average Bonchev–Trinajstić information content (AvgIpc) is 2.28. The van der Waals surface area contributed by atoms with Crippen LogP contribution in [0.15, 0.2) is 0 Å². The second-order valence-electron chi connectivity index (χ2n) is 5.40. The van der Waals surface area contributed by atoms with Crippen LogP contribution in [0.4, 0.5) is 0 Å². The topological polar surface area (TPSA) is 84.7 Å². The van der Waals surface area contributed by atoms with Crippen molar-refractivity contribution in [2.75, 3.05) is 32.7 Å². The Morgan fingerprint density at radius 1 is 1.33 bits per heavy atom. The highest BCUT2D eigenvalue weighted by Crippen LogP contribution is 2.13. The van der Waals surface area contributed by atoms with E-state index in [0.29, 0.717) is 13.1 Å². The number of nitrogens with two attached hydrogens (primary N) is 1. The van der Waals surface area contributed by atoms with Gasteiger partial charge in [-0.15, -0.1) is 0 Å². The highest BCUT2D eigenvalue weighted by atomic mass is 16.6. The summed E-state index contributed by atoms with van der Waals surface area (Å²) in [6, 6.07) is 0. The van der Waals surface area contributed by atoms with Crippen LogP contribution in [0.1, 0.15) is 20.8 Å². The average molecular weight is 257 g/mol. The lowest BCUT2D eigenvalue weighted by atomic mass is 10.1. The second-order valence-corrected chi connectivity index (χ2v) is 5.40. The SMILES string of the molecule is CC(C)(C)OC(=O)[C@@H](CN)C(=O)N1CCNCC1. The summed E-state index contributed by atoms with van der Waals surface area (Å²) in [5.41, 5.74) is 4.93. The Balaban J connectivity index is 2.64. The van der Waals surface area contributed by atoms with Crippen LogP contribution in [0.25, 0.3) is 0 Å². The van der Waals surface area contributed by atoms with E-state index in [2.05, 4.69) is 5.32 Å².